The summed E-state index contributed by atoms with van der Waals surface area (Å²) in [6.07, 6.45) is 13.9. The van der Waals surface area contributed by atoms with Crippen molar-refractivity contribution in [3.63, 3.8) is 0 Å². The summed E-state index contributed by atoms with van der Waals surface area (Å²) in [5, 5.41) is 3.49. The molecule has 1 saturated heterocycles. The molecular formula is C26H40IN3. The van der Waals surface area contributed by atoms with E-state index >= 15 is 0 Å². The minimum absolute atomic E-state index is 0.0407. The fraction of sp³-hybridized carbons (Fsp3) is 0.654. The summed E-state index contributed by atoms with van der Waals surface area (Å²) in [4.78, 5) is 7.15. The first-order chi connectivity index (χ1) is 14.5. The number of likely N-dealkylation sites (tertiary alicyclic amines) is 1. The Labute approximate surface area is 198 Å². The van der Waals surface area contributed by atoms with Gasteiger partial charge in [0.15, 0.2) is 0 Å². The first-order valence-corrected chi connectivity index (χ1v) is 13.1. The third-order valence-electron chi connectivity index (χ3n) is 6.91. The second kappa shape index (κ2) is 12.7. The van der Waals surface area contributed by atoms with Crippen molar-refractivity contribution in [1.82, 2.24) is 10.2 Å². The normalized spacial score (nSPS) is 22.7. The molecule has 3 nitrogen and oxygen atoms in total. The van der Waals surface area contributed by atoms with Crippen molar-refractivity contribution in [2.75, 3.05) is 24.6 Å². The Kier molecular flexibility index (Phi) is 10.7. The Morgan fingerprint density at radius 3 is 2.63 bits per heavy atom. The predicted octanol–water partition coefficient (Wildman–Crippen LogP) is 6.27. The molecule has 2 fully saturated rings. The lowest BCUT2D eigenvalue weighted by atomic mass is 9.64. The van der Waals surface area contributed by atoms with Gasteiger partial charge in [0.25, 0.3) is 0 Å². The Hall–Kier alpha value is -1.06. The van der Waals surface area contributed by atoms with Gasteiger partial charge in [-0.05, 0) is 58.1 Å². The predicted molar refractivity (Wildman–Crippen MR) is 140 cm³/mol. The van der Waals surface area contributed by atoms with Crippen LogP contribution >= 0.6 is 22.6 Å². The average molecular weight is 522 g/mol. The maximum Gasteiger partial charge on any atom is 0.110 e. The van der Waals surface area contributed by atoms with Crippen LogP contribution in [0.15, 0.2) is 40.6 Å². The number of aliphatic imine (C=N–C) groups is 1. The van der Waals surface area contributed by atoms with Crippen LogP contribution in [0.5, 0.6) is 0 Å². The summed E-state index contributed by atoms with van der Waals surface area (Å²) in [6, 6.07) is 0.706. The Morgan fingerprint density at radius 2 is 2.07 bits per heavy atom. The number of piperidine rings is 1. The molecule has 166 valence electrons. The van der Waals surface area contributed by atoms with Crippen LogP contribution in [0.2, 0.25) is 0 Å². The molecule has 30 heavy (non-hydrogen) atoms. The van der Waals surface area contributed by atoms with E-state index in [4.69, 9.17) is 0 Å². The van der Waals surface area contributed by atoms with E-state index < -0.39 is 0 Å². The highest BCUT2D eigenvalue weighted by Crippen LogP contribution is 2.47. The SMILES string of the molecule is C=C(CI)C1(C(=NC)N/C=C/C(C#CCN2CCCC[C@@H]2CC)=C(\C)CC)CCC1. The zero-order valence-electron chi connectivity index (χ0n) is 19.5. The van der Waals surface area contributed by atoms with Crippen LogP contribution in [0, 0.1) is 17.3 Å². The number of nitrogens with one attached hydrogen (secondary N) is 1. The second-order valence-electron chi connectivity index (χ2n) is 8.60. The number of nitrogens with zero attached hydrogens (tertiary/aromatic N) is 2. The zero-order chi connectivity index (χ0) is 22.0. The Morgan fingerprint density at radius 1 is 1.30 bits per heavy atom. The van der Waals surface area contributed by atoms with Crippen molar-refractivity contribution >= 4 is 28.4 Å². The van der Waals surface area contributed by atoms with Gasteiger partial charge in [-0.3, -0.25) is 9.89 Å². The fourth-order valence-corrected chi connectivity index (χ4v) is 5.21. The van der Waals surface area contributed by atoms with E-state index in [1.807, 2.05) is 13.2 Å². The van der Waals surface area contributed by atoms with E-state index in [9.17, 15) is 0 Å². The topological polar surface area (TPSA) is 27.6 Å². The smallest absolute Gasteiger partial charge is 0.110 e. The molecule has 0 aromatic carbocycles. The molecule has 0 spiro atoms. The largest absolute Gasteiger partial charge is 0.350 e. The van der Waals surface area contributed by atoms with Crippen LogP contribution in [0.25, 0.3) is 0 Å². The van der Waals surface area contributed by atoms with Gasteiger partial charge in [0, 0.05) is 34.7 Å². The molecule has 1 atom stereocenters. The van der Waals surface area contributed by atoms with Gasteiger partial charge in [-0.25, -0.2) is 0 Å². The summed E-state index contributed by atoms with van der Waals surface area (Å²) >= 11 is 2.41. The molecule has 2 rings (SSSR count). The number of amidine groups is 1. The molecule has 1 aliphatic heterocycles. The molecule has 1 heterocycles. The molecule has 0 aromatic rings. The first kappa shape index (κ1) is 25.2. The van der Waals surface area contributed by atoms with Gasteiger partial charge in [-0.1, -0.05) is 78.8 Å². The number of rotatable bonds is 8. The third kappa shape index (κ3) is 6.23. The molecule has 0 amide bonds. The van der Waals surface area contributed by atoms with Gasteiger partial charge < -0.3 is 5.32 Å². The number of halogens is 1. The van der Waals surface area contributed by atoms with Crippen molar-refractivity contribution < 1.29 is 0 Å². The molecule has 1 saturated carbocycles. The van der Waals surface area contributed by atoms with Gasteiger partial charge in [-0.2, -0.15) is 0 Å². The van der Waals surface area contributed by atoms with Gasteiger partial charge in [0.05, 0.1) is 6.54 Å². The highest BCUT2D eigenvalue weighted by Gasteiger charge is 2.43. The zero-order valence-corrected chi connectivity index (χ0v) is 21.6. The molecular weight excluding hydrogens is 481 g/mol. The molecule has 4 heteroatoms. The van der Waals surface area contributed by atoms with Gasteiger partial charge >= 0.3 is 0 Å². The van der Waals surface area contributed by atoms with Crippen LogP contribution in [0.1, 0.15) is 72.1 Å². The van der Waals surface area contributed by atoms with Gasteiger partial charge in [-0.15, -0.1) is 0 Å². The highest BCUT2D eigenvalue weighted by molar-refractivity contribution is 14.1. The number of alkyl halides is 1. The summed E-state index contributed by atoms with van der Waals surface area (Å²) in [5.74, 6) is 7.97. The maximum absolute atomic E-state index is 4.59. The van der Waals surface area contributed by atoms with Gasteiger partial charge in [0.1, 0.15) is 5.84 Å². The van der Waals surface area contributed by atoms with Crippen molar-refractivity contribution in [2.45, 2.75) is 78.2 Å². The Bertz CT molecular complexity index is 731. The third-order valence-corrected chi connectivity index (χ3v) is 7.83. The minimum Gasteiger partial charge on any atom is -0.350 e. The lowest BCUT2D eigenvalue weighted by Crippen LogP contribution is -2.45. The summed E-state index contributed by atoms with van der Waals surface area (Å²) in [5.41, 5.74) is 3.78. The standard InChI is InChI=1S/C26H40IN3/c1-6-21(3)23(12-10-19-30-18-9-8-13-24(30)7-2)14-17-29-25(28-5)26(15-11-16-26)22(4)20-27/h14,17,24H,4,6-9,11,13,15-16,18-20H2,1-3,5H3,(H,28,29)/b17-14+,23-21+/t24-/m0/s1. The molecule has 2 aliphatic rings. The molecule has 1 aliphatic carbocycles. The van der Waals surface area contributed by atoms with Crippen molar-refractivity contribution in [1.29, 1.82) is 0 Å². The lowest BCUT2D eigenvalue weighted by molar-refractivity contribution is 0.163. The van der Waals surface area contributed by atoms with Crippen molar-refractivity contribution in [3.05, 3.63) is 35.6 Å². The summed E-state index contributed by atoms with van der Waals surface area (Å²) in [7, 11) is 1.88. The highest BCUT2D eigenvalue weighted by atomic mass is 127. The number of allylic oxidation sites excluding steroid dienone is 3. The first-order valence-electron chi connectivity index (χ1n) is 11.6. The quantitative estimate of drug-likeness (QED) is 0.0775. The lowest BCUT2D eigenvalue weighted by Gasteiger charge is -2.43. The molecule has 0 aromatic heterocycles. The fourth-order valence-electron chi connectivity index (χ4n) is 4.48. The van der Waals surface area contributed by atoms with E-state index in [2.05, 4.69) is 83.1 Å². The molecule has 0 bridgehead atoms. The number of hydrogen-bond donors (Lipinski definition) is 1. The van der Waals surface area contributed by atoms with Crippen LogP contribution in [0.4, 0.5) is 0 Å². The van der Waals surface area contributed by atoms with Gasteiger partial charge in [0.2, 0.25) is 0 Å². The summed E-state index contributed by atoms with van der Waals surface area (Å²) < 4.78 is 0.975. The van der Waals surface area contributed by atoms with E-state index in [1.54, 1.807) is 0 Å². The number of hydrogen-bond acceptors (Lipinski definition) is 2. The van der Waals surface area contributed by atoms with Crippen LogP contribution in [-0.4, -0.2) is 41.3 Å². The van der Waals surface area contributed by atoms with Crippen LogP contribution in [-0.2, 0) is 0 Å². The van der Waals surface area contributed by atoms with E-state index in [-0.39, 0.29) is 5.41 Å². The van der Waals surface area contributed by atoms with E-state index in [0.717, 1.165) is 41.6 Å². The average Bonchev–Trinajstić information content (AvgIpc) is 2.75. The molecule has 1 N–H and O–H groups in total. The van der Waals surface area contributed by atoms with Crippen LogP contribution in [0.3, 0.4) is 0 Å². The molecule has 0 unspecified atom stereocenters. The monoisotopic (exact) mass is 521 g/mol. The van der Waals surface area contributed by atoms with E-state index in [1.165, 1.54) is 49.8 Å². The minimum atomic E-state index is 0.0407. The summed E-state index contributed by atoms with van der Waals surface area (Å²) in [6.45, 7) is 13.1. The van der Waals surface area contributed by atoms with E-state index in [0.29, 0.717) is 6.04 Å². The second-order valence-corrected chi connectivity index (χ2v) is 9.36. The maximum atomic E-state index is 4.59. The van der Waals surface area contributed by atoms with Crippen molar-refractivity contribution in [3.8, 4) is 11.8 Å². The van der Waals surface area contributed by atoms with Crippen LogP contribution < -0.4 is 5.32 Å². The molecule has 0 radical (unpaired) electrons. The van der Waals surface area contributed by atoms with Crippen molar-refractivity contribution in [2.24, 2.45) is 10.4 Å². The Balaban J connectivity index is 2.07.